The molecule has 4 heterocycles. The van der Waals surface area contributed by atoms with Crippen molar-refractivity contribution >= 4 is 17.8 Å². The summed E-state index contributed by atoms with van der Waals surface area (Å²) in [5.74, 6) is 2.08. The molecule has 0 unspecified atom stereocenters. The highest BCUT2D eigenvalue weighted by Gasteiger charge is 2.08. The molecule has 0 aliphatic heterocycles. The van der Waals surface area contributed by atoms with E-state index in [2.05, 4.69) is 15.1 Å². The molecule has 0 bridgehead atoms. The van der Waals surface area contributed by atoms with Crippen molar-refractivity contribution < 1.29 is 9.15 Å². The molecule has 0 spiro atoms. The van der Waals surface area contributed by atoms with Crippen LogP contribution >= 0.6 is 0 Å². The summed E-state index contributed by atoms with van der Waals surface area (Å²) in [6, 6.07) is 5.60. The number of hydrogen-bond donors (Lipinski definition) is 0. The number of rotatable bonds is 4. The highest BCUT2D eigenvalue weighted by molar-refractivity contribution is 5.67. The van der Waals surface area contributed by atoms with Crippen LogP contribution in [0.2, 0.25) is 0 Å². The van der Waals surface area contributed by atoms with Crippen molar-refractivity contribution in [3.63, 3.8) is 0 Å². The lowest BCUT2D eigenvalue weighted by Gasteiger charge is -1.98. The molecule has 0 aromatic carbocycles. The SMILES string of the molecule is COc1cccn2nc(/C=C/c3nc(-c4ccoc4)cn3C)nc12. The maximum Gasteiger partial charge on any atom is 0.198 e. The van der Waals surface area contributed by atoms with Gasteiger partial charge in [0.25, 0.3) is 0 Å². The van der Waals surface area contributed by atoms with Crippen molar-refractivity contribution in [2.24, 2.45) is 7.05 Å². The van der Waals surface area contributed by atoms with Crippen LogP contribution in [0.3, 0.4) is 0 Å². The Morgan fingerprint density at radius 3 is 2.92 bits per heavy atom. The Morgan fingerprint density at radius 2 is 2.12 bits per heavy atom. The lowest BCUT2D eigenvalue weighted by molar-refractivity contribution is 0.416. The summed E-state index contributed by atoms with van der Waals surface area (Å²) in [5, 5.41) is 4.41. The molecule has 0 atom stereocenters. The van der Waals surface area contributed by atoms with Crippen LogP contribution in [-0.2, 0) is 7.05 Å². The van der Waals surface area contributed by atoms with Gasteiger partial charge < -0.3 is 13.7 Å². The normalized spacial score (nSPS) is 11.6. The fraction of sp³-hybridized carbons (Fsp3) is 0.118. The predicted octanol–water partition coefficient (Wildman–Crippen LogP) is 2.90. The Hall–Kier alpha value is -3.35. The van der Waals surface area contributed by atoms with E-state index in [4.69, 9.17) is 9.15 Å². The minimum Gasteiger partial charge on any atom is -0.493 e. The van der Waals surface area contributed by atoms with Gasteiger partial charge in [-0.15, -0.1) is 5.10 Å². The van der Waals surface area contributed by atoms with E-state index in [1.165, 1.54) is 0 Å². The Labute approximate surface area is 137 Å². The highest BCUT2D eigenvalue weighted by atomic mass is 16.5. The van der Waals surface area contributed by atoms with Crippen LogP contribution in [0.1, 0.15) is 11.6 Å². The molecule has 7 nitrogen and oxygen atoms in total. The number of methoxy groups -OCH3 is 1. The van der Waals surface area contributed by atoms with Crippen molar-refractivity contribution in [1.29, 1.82) is 0 Å². The fourth-order valence-corrected chi connectivity index (χ4v) is 2.46. The van der Waals surface area contributed by atoms with E-state index in [-0.39, 0.29) is 0 Å². The number of aryl methyl sites for hydroxylation is 1. The second-order valence-electron chi connectivity index (χ2n) is 5.26. The predicted molar refractivity (Wildman–Crippen MR) is 89.4 cm³/mol. The van der Waals surface area contributed by atoms with E-state index in [0.717, 1.165) is 17.1 Å². The van der Waals surface area contributed by atoms with E-state index < -0.39 is 0 Å². The zero-order valence-electron chi connectivity index (χ0n) is 13.2. The monoisotopic (exact) mass is 321 g/mol. The Balaban J connectivity index is 1.66. The number of imidazole rings is 1. The third-order valence-electron chi connectivity index (χ3n) is 3.67. The molecule has 0 saturated carbocycles. The van der Waals surface area contributed by atoms with Gasteiger partial charge in [0.15, 0.2) is 17.2 Å². The molecule has 0 saturated heterocycles. The van der Waals surface area contributed by atoms with E-state index in [9.17, 15) is 0 Å². The van der Waals surface area contributed by atoms with E-state index in [0.29, 0.717) is 17.2 Å². The van der Waals surface area contributed by atoms with Gasteiger partial charge in [-0.2, -0.15) is 0 Å². The fourth-order valence-electron chi connectivity index (χ4n) is 2.46. The van der Waals surface area contributed by atoms with Crippen LogP contribution in [0.15, 0.2) is 47.5 Å². The highest BCUT2D eigenvalue weighted by Crippen LogP contribution is 2.20. The first-order chi connectivity index (χ1) is 11.7. The number of fused-ring (bicyclic) bond motifs is 1. The average molecular weight is 321 g/mol. The van der Waals surface area contributed by atoms with Crippen LogP contribution in [0.5, 0.6) is 5.75 Å². The van der Waals surface area contributed by atoms with Gasteiger partial charge in [-0.3, -0.25) is 0 Å². The first kappa shape index (κ1) is 14.3. The summed E-state index contributed by atoms with van der Waals surface area (Å²) in [7, 11) is 3.56. The van der Waals surface area contributed by atoms with Crippen LogP contribution in [0.4, 0.5) is 0 Å². The number of hydrogen-bond acceptors (Lipinski definition) is 5. The van der Waals surface area contributed by atoms with Gasteiger partial charge in [0.05, 0.1) is 25.3 Å². The lowest BCUT2D eigenvalue weighted by atomic mass is 10.3. The Kier molecular flexibility index (Phi) is 3.38. The third kappa shape index (κ3) is 2.45. The molecular formula is C17H15N5O2. The smallest absolute Gasteiger partial charge is 0.198 e. The zero-order valence-corrected chi connectivity index (χ0v) is 13.2. The maximum atomic E-state index is 5.29. The molecule has 0 radical (unpaired) electrons. The Morgan fingerprint density at radius 1 is 1.21 bits per heavy atom. The number of ether oxygens (including phenoxy) is 1. The first-order valence-corrected chi connectivity index (χ1v) is 7.38. The number of pyridine rings is 1. The summed E-state index contributed by atoms with van der Waals surface area (Å²) >= 11 is 0. The van der Waals surface area contributed by atoms with Gasteiger partial charge in [-0.1, -0.05) is 0 Å². The van der Waals surface area contributed by atoms with Gasteiger partial charge in [-0.05, 0) is 30.4 Å². The number of aromatic nitrogens is 5. The maximum absolute atomic E-state index is 5.29. The topological polar surface area (TPSA) is 70.4 Å². The summed E-state index contributed by atoms with van der Waals surface area (Å²) in [5.41, 5.74) is 2.48. The van der Waals surface area contributed by atoms with Crippen molar-refractivity contribution in [3.05, 3.63) is 54.8 Å². The van der Waals surface area contributed by atoms with Crippen molar-refractivity contribution in [2.75, 3.05) is 7.11 Å². The van der Waals surface area contributed by atoms with E-state index >= 15 is 0 Å². The van der Waals surface area contributed by atoms with Gasteiger partial charge in [0.2, 0.25) is 0 Å². The summed E-state index contributed by atoms with van der Waals surface area (Å²) < 4.78 is 14.0. The standard InChI is InChI=1S/C17H15N5O2/c1-21-10-13(12-7-9-24-11-12)18-16(21)6-5-15-19-17-14(23-2)4-3-8-22(17)20-15/h3-11H,1-2H3/b6-5+. The number of furan rings is 1. The molecule has 0 aliphatic rings. The van der Waals surface area contributed by atoms with Gasteiger partial charge in [-0.25, -0.2) is 14.5 Å². The van der Waals surface area contributed by atoms with Crippen molar-refractivity contribution in [1.82, 2.24) is 24.1 Å². The number of nitrogens with zero attached hydrogens (tertiary/aromatic N) is 5. The molecule has 4 aromatic heterocycles. The molecule has 24 heavy (non-hydrogen) atoms. The molecule has 7 heteroatoms. The summed E-state index contributed by atoms with van der Waals surface area (Å²) in [4.78, 5) is 9.06. The van der Waals surface area contributed by atoms with Gasteiger partial charge in [0, 0.05) is 25.0 Å². The van der Waals surface area contributed by atoms with Gasteiger partial charge in [0.1, 0.15) is 5.82 Å². The largest absolute Gasteiger partial charge is 0.493 e. The first-order valence-electron chi connectivity index (χ1n) is 7.38. The van der Waals surface area contributed by atoms with Crippen molar-refractivity contribution in [3.8, 4) is 17.0 Å². The van der Waals surface area contributed by atoms with E-state index in [1.807, 2.05) is 54.4 Å². The molecule has 0 N–H and O–H groups in total. The summed E-state index contributed by atoms with van der Waals surface area (Å²) in [6.07, 6.45) is 10.8. The summed E-state index contributed by atoms with van der Waals surface area (Å²) in [6.45, 7) is 0. The van der Waals surface area contributed by atoms with Crippen LogP contribution in [0, 0.1) is 0 Å². The molecule has 0 aliphatic carbocycles. The molecule has 4 aromatic rings. The Bertz CT molecular complexity index is 1010. The molecular weight excluding hydrogens is 306 g/mol. The van der Waals surface area contributed by atoms with Crippen LogP contribution in [-0.4, -0.2) is 31.3 Å². The molecule has 120 valence electrons. The third-order valence-corrected chi connectivity index (χ3v) is 3.67. The minimum absolute atomic E-state index is 0.590. The second kappa shape index (κ2) is 5.69. The molecule has 0 amide bonds. The zero-order chi connectivity index (χ0) is 16.5. The quantitative estimate of drug-likeness (QED) is 0.578. The van der Waals surface area contributed by atoms with E-state index in [1.54, 1.807) is 24.2 Å². The van der Waals surface area contributed by atoms with Crippen molar-refractivity contribution in [2.45, 2.75) is 0 Å². The molecule has 4 rings (SSSR count). The van der Waals surface area contributed by atoms with Crippen LogP contribution < -0.4 is 4.74 Å². The average Bonchev–Trinajstić information content (AvgIpc) is 3.31. The second-order valence-corrected chi connectivity index (χ2v) is 5.26. The van der Waals surface area contributed by atoms with Crippen LogP contribution in [0.25, 0.3) is 29.1 Å². The van der Waals surface area contributed by atoms with Gasteiger partial charge >= 0.3 is 0 Å². The minimum atomic E-state index is 0.590. The molecule has 0 fully saturated rings. The lowest BCUT2D eigenvalue weighted by Crippen LogP contribution is -1.90.